The first-order chi connectivity index (χ1) is 18.9. The van der Waals surface area contributed by atoms with Crippen LogP contribution in [0.3, 0.4) is 0 Å². The van der Waals surface area contributed by atoms with Gasteiger partial charge in [0.1, 0.15) is 12.1 Å². The zero-order valence-electron chi connectivity index (χ0n) is 22.1. The third-order valence-corrected chi connectivity index (χ3v) is 8.69. The van der Waals surface area contributed by atoms with Crippen LogP contribution in [0.25, 0.3) is 0 Å². The number of hydrogen-bond acceptors (Lipinski definition) is 4. The zero-order valence-corrected chi connectivity index (χ0v) is 23.6. The molecule has 7 nitrogen and oxygen atoms in total. The summed E-state index contributed by atoms with van der Waals surface area (Å²) in [6, 6.07) is 13.5. The van der Waals surface area contributed by atoms with E-state index in [0.29, 0.717) is 54.9 Å². The Hall–Kier alpha value is -2.61. The van der Waals surface area contributed by atoms with Gasteiger partial charge in [0.15, 0.2) is 0 Å². The molecule has 3 fully saturated rings. The fourth-order valence-electron chi connectivity index (χ4n) is 5.62. The molecular formula is C30H36Cl2N4O3. The lowest BCUT2D eigenvalue weighted by atomic mass is 9.99. The number of carbonyl (C=O) groups excluding carboxylic acids is 3. The normalized spacial score (nSPS) is 22.2. The van der Waals surface area contributed by atoms with E-state index in [0.717, 1.165) is 43.4 Å². The molecule has 2 heterocycles. The van der Waals surface area contributed by atoms with Gasteiger partial charge in [-0.05, 0) is 67.5 Å². The highest BCUT2D eigenvalue weighted by Crippen LogP contribution is 2.36. The van der Waals surface area contributed by atoms with E-state index in [-0.39, 0.29) is 23.8 Å². The summed E-state index contributed by atoms with van der Waals surface area (Å²) in [7, 11) is 0. The van der Waals surface area contributed by atoms with E-state index >= 15 is 0 Å². The third kappa shape index (κ3) is 7.13. The molecule has 3 atom stereocenters. The largest absolute Gasteiger partial charge is 0.343 e. The van der Waals surface area contributed by atoms with Crippen LogP contribution in [0.4, 0.5) is 0 Å². The van der Waals surface area contributed by atoms with E-state index < -0.39 is 12.1 Å². The van der Waals surface area contributed by atoms with Crippen molar-refractivity contribution in [2.24, 2.45) is 5.92 Å². The molecule has 39 heavy (non-hydrogen) atoms. The lowest BCUT2D eigenvalue weighted by Crippen LogP contribution is -2.63. The van der Waals surface area contributed by atoms with Gasteiger partial charge in [-0.1, -0.05) is 66.4 Å². The van der Waals surface area contributed by atoms with Crippen molar-refractivity contribution in [2.45, 2.75) is 63.1 Å². The Morgan fingerprint density at radius 2 is 1.79 bits per heavy atom. The van der Waals surface area contributed by atoms with Gasteiger partial charge in [0, 0.05) is 36.1 Å². The molecule has 0 bridgehead atoms. The van der Waals surface area contributed by atoms with Crippen LogP contribution in [-0.2, 0) is 27.2 Å². The van der Waals surface area contributed by atoms with Crippen LogP contribution in [0.2, 0.25) is 10.0 Å². The van der Waals surface area contributed by atoms with E-state index in [2.05, 4.69) is 10.6 Å². The highest BCUT2D eigenvalue weighted by Gasteiger charge is 2.42. The molecule has 9 heteroatoms. The molecule has 3 aliphatic rings. The van der Waals surface area contributed by atoms with Crippen molar-refractivity contribution in [2.75, 3.05) is 26.2 Å². The van der Waals surface area contributed by atoms with Gasteiger partial charge < -0.3 is 20.4 Å². The molecule has 3 amide bonds. The van der Waals surface area contributed by atoms with Gasteiger partial charge in [0.25, 0.3) is 0 Å². The van der Waals surface area contributed by atoms with E-state index in [1.54, 1.807) is 17.0 Å². The molecule has 1 saturated carbocycles. The summed E-state index contributed by atoms with van der Waals surface area (Å²) in [6.45, 7) is 2.26. The standard InChI is InChI=1S/C30H36Cl2N4O3/c31-23-11-9-20(10-12-23)18-26(34-28(37)25-6-3-14-33-25)29(38)36-17-16-35(30(39)27(36)19-21-7-8-21)15-13-22-4-1-2-5-24(22)32/h1-2,4-5,9-12,21,25-27,33H,3,6-8,13-19H2,(H,34,37). The second kappa shape index (κ2) is 12.7. The fourth-order valence-corrected chi connectivity index (χ4v) is 5.97. The fraction of sp³-hybridized carbons (Fsp3) is 0.500. The number of hydrogen-bond donors (Lipinski definition) is 2. The molecule has 5 rings (SSSR count). The van der Waals surface area contributed by atoms with E-state index in [4.69, 9.17) is 23.2 Å². The Morgan fingerprint density at radius 1 is 1.03 bits per heavy atom. The molecule has 1 aliphatic carbocycles. The summed E-state index contributed by atoms with van der Waals surface area (Å²) in [6.07, 6.45) is 5.53. The maximum atomic E-state index is 14.1. The smallest absolute Gasteiger partial charge is 0.246 e. The van der Waals surface area contributed by atoms with Crippen LogP contribution in [0.5, 0.6) is 0 Å². The minimum atomic E-state index is -0.759. The summed E-state index contributed by atoms with van der Waals surface area (Å²) in [5.74, 6) is 0.0941. The first kappa shape index (κ1) is 27.9. The predicted octanol–water partition coefficient (Wildman–Crippen LogP) is 3.85. The Kier molecular flexibility index (Phi) is 9.10. The Bertz CT molecular complexity index is 1180. The van der Waals surface area contributed by atoms with E-state index in [9.17, 15) is 14.4 Å². The molecule has 2 aromatic rings. The molecule has 2 saturated heterocycles. The van der Waals surface area contributed by atoms with Crippen molar-refractivity contribution in [3.8, 4) is 0 Å². The number of rotatable bonds is 10. The topological polar surface area (TPSA) is 81.8 Å². The summed E-state index contributed by atoms with van der Waals surface area (Å²) in [5.41, 5.74) is 1.91. The summed E-state index contributed by atoms with van der Waals surface area (Å²) in [5, 5.41) is 7.55. The molecule has 3 unspecified atom stereocenters. The Morgan fingerprint density at radius 3 is 2.49 bits per heavy atom. The maximum Gasteiger partial charge on any atom is 0.246 e. The number of piperazine rings is 1. The number of nitrogens with one attached hydrogen (secondary N) is 2. The number of nitrogens with zero attached hydrogens (tertiary/aromatic N) is 2. The second-order valence-corrected chi connectivity index (χ2v) is 11.8. The average molecular weight is 572 g/mol. The zero-order chi connectivity index (χ0) is 27.4. The lowest BCUT2D eigenvalue weighted by molar-refractivity contribution is -0.153. The van der Waals surface area contributed by atoms with Crippen LogP contribution in [0.15, 0.2) is 48.5 Å². The van der Waals surface area contributed by atoms with Gasteiger partial charge in [-0.15, -0.1) is 0 Å². The van der Waals surface area contributed by atoms with E-state index in [1.807, 2.05) is 41.3 Å². The molecule has 208 valence electrons. The SMILES string of the molecule is O=C(NC(Cc1ccc(Cl)cc1)C(=O)N1CCN(CCc2ccccc2Cl)C(=O)C1CC1CC1)C1CCCN1. The summed E-state index contributed by atoms with van der Waals surface area (Å²) in [4.78, 5) is 44.5. The predicted molar refractivity (Wildman–Crippen MR) is 153 cm³/mol. The van der Waals surface area contributed by atoms with Crippen LogP contribution in [-0.4, -0.2) is 71.8 Å². The summed E-state index contributed by atoms with van der Waals surface area (Å²) >= 11 is 12.4. The van der Waals surface area contributed by atoms with Crippen molar-refractivity contribution in [3.63, 3.8) is 0 Å². The second-order valence-electron chi connectivity index (χ2n) is 10.9. The number of amides is 3. The quantitative estimate of drug-likeness (QED) is 0.454. The van der Waals surface area contributed by atoms with Gasteiger partial charge in [0.2, 0.25) is 17.7 Å². The summed E-state index contributed by atoms with van der Waals surface area (Å²) < 4.78 is 0. The van der Waals surface area contributed by atoms with Crippen LogP contribution in [0, 0.1) is 5.92 Å². The van der Waals surface area contributed by atoms with Crippen LogP contribution in [0.1, 0.15) is 43.2 Å². The molecule has 0 aromatic heterocycles. The van der Waals surface area contributed by atoms with Crippen molar-refractivity contribution >= 4 is 40.9 Å². The van der Waals surface area contributed by atoms with Crippen molar-refractivity contribution in [1.82, 2.24) is 20.4 Å². The molecular weight excluding hydrogens is 535 g/mol. The first-order valence-electron chi connectivity index (χ1n) is 14.0. The highest BCUT2D eigenvalue weighted by atomic mass is 35.5. The van der Waals surface area contributed by atoms with Gasteiger partial charge in [-0.3, -0.25) is 14.4 Å². The molecule has 2 aliphatic heterocycles. The van der Waals surface area contributed by atoms with Crippen LogP contribution < -0.4 is 10.6 Å². The number of carbonyl (C=O) groups is 3. The highest BCUT2D eigenvalue weighted by molar-refractivity contribution is 6.31. The molecule has 2 N–H and O–H groups in total. The van der Waals surface area contributed by atoms with Crippen molar-refractivity contribution < 1.29 is 14.4 Å². The van der Waals surface area contributed by atoms with Crippen LogP contribution >= 0.6 is 23.2 Å². The Labute approximate surface area is 240 Å². The maximum absolute atomic E-state index is 14.1. The minimum Gasteiger partial charge on any atom is -0.343 e. The van der Waals surface area contributed by atoms with Gasteiger partial charge in [-0.2, -0.15) is 0 Å². The lowest BCUT2D eigenvalue weighted by Gasteiger charge is -2.42. The van der Waals surface area contributed by atoms with Gasteiger partial charge in [-0.25, -0.2) is 0 Å². The molecule has 2 aromatic carbocycles. The average Bonchev–Trinajstić information content (AvgIpc) is 3.58. The third-order valence-electron chi connectivity index (χ3n) is 8.07. The van der Waals surface area contributed by atoms with Crippen molar-refractivity contribution in [3.05, 3.63) is 69.7 Å². The Balaban J connectivity index is 1.32. The monoisotopic (exact) mass is 570 g/mol. The van der Waals surface area contributed by atoms with E-state index in [1.165, 1.54) is 0 Å². The number of benzene rings is 2. The van der Waals surface area contributed by atoms with Gasteiger partial charge in [0.05, 0.1) is 6.04 Å². The molecule has 0 spiro atoms. The van der Waals surface area contributed by atoms with Gasteiger partial charge >= 0.3 is 0 Å². The van der Waals surface area contributed by atoms with Crippen molar-refractivity contribution in [1.29, 1.82) is 0 Å². The first-order valence-corrected chi connectivity index (χ1v) is 14.8. The number of halogens is 2. The molecule has 0 radical (unpaired) electrons. The minimum absolute atomic E-state index is 0.0115.